The lowest BCUT2D eigenvalue weighted by atomic mass is 9.88. The number of ether oxygens (including phenoxy) is 1. The summed E-state index contributed by atoms with van der Waals surface area (Å²) in [5.74, 6) is 0. The van der Waals surface area contributed by atoms with Gasteiger partial charge in [-0.3, -0.25) is 4.98 Å². The second-order valence-electron chi connectivity index (χ2n) is 4.92. The molecule has 2 aromatic rings. The summed E-state index contributed by atoms with van der Waals surface area (Å²) in [4.78, 5) is 4.33. The third-order valence-corrected chi connectivity index (χ3v) is 3.73. The Balaban J connectivity index is 2.49. The molecule has 0 saturated carbocycles. The molecule has 0 radical (unpaired) electrons. The summed E-state index contributed by atoms with van der Waals surface area (Å²) < 4.78 is 5.77. The number of aliphatic hydroxyl groups excluding tert-OH is 1. The van der Waals surface area contributed by atoms with Gasteiger partial charge in [0.15, 0.2) is 0 Å². The molecule has 3 nitrogen and oxygen atoms in total. The highest BCUT2D eigenvalue weighted by Gasteiger charge is 2.33. The van der Waals surface area contributed by atoms with Crippen molar-refractivity contribution in [1.29, 1.82) is 0 Å². The minimum absolute atomic E-state index is 0.571. The molecule has 1 N–H and O–H groups in total. The average molecular weight is 259 g/mol. The van der Waals surface area contributed by atoms with E-state index in [0.717, 1.165) is 22.9 Å². The first-order chi connectivity index (χ1) is 9.12. The molecule has 2 unspecified atom stereocenters. The van der Waals surface area contributed by atoms with Crippen molar-refractivity contribution in [3.05, 3.63) is 42.1 Å². The van der Waals surface area contributed by atoms with Crippen LogP contribution in [0.25, 0.3) is 10.9 Å². The molecule has 0 aliphatic heterocycles. The first-order valence-electron chi connectivity index (χ1n) is 6.78. The van der Waals surface area contributed by atoms with E-state index in [9.17, 15) is 5.11 Å². The Morgan fingerprint density at radius 2 is 2.05 bits per heavy atom. The number of nitrogens with zero attached hydrogens (tertiary/aromatic N) is 1. The number of hydrogen-bond acceptors (Lipinski definition) is 3. The van der Waals surface area contributed by atoms with Crippen molar-refractivity contribution < 1.29 is 9.84 Å². The van der Waals surface area contributed by atoms with Crippen LogP contribution >= 0.6 is 0 Å². The van der Waals surface area contributed by atoms with Crippen molar-refractivity contribution in [1.82, 2.24) is 4.98 Å². The Bertz CT molecular complexity index is 550. The van der Waals surface area contributed by atoms with E-state index in [4.69, 9.17) is 4.74 Å². The highest BCUT2D eigenvalue weighted by atomic mass is 16.5. The predicted molar refractivity (Wildman–Crippen MR) is 77.0 cm³/mol. The Morgan fingerprint density at radius 1 is 1.26 bits per heavy atom. The van der Waals surface area contributed by atoms with E-state index in [1.807, 2.05) is 51.1 Å². The lowest BCUT2D eigenvalue weighted by Crippen LogP contribution is -2.35. The standard InChI is InChI=1S/C16H21NO2/c1-4-16(3,19-5-2)15(18)13-8-6-10-14-12(13)9-7-11-17-14/h6-11,15,18H,4-5H2,1-3H3. The first kappa shape index (κ1) is 14.0. The van der Waals surface area contributed by atoms with Crippen molar-refractivity contribution in [2.75, 3.05) is 6.61 Å². The Hall–Kier alpha value is -1.45. The predicted octanol–water partition coefficient (Wildman–Crippen LogP) is 3.47. The summed E-state index contributed by atoms with van der Waals surface area (Å²) in [5.41, 5.74) is 1.20. The van der Waals surface area contributed by atoms with Crippen LogP contribution in [0.1, 0.15) is 38.9 Å². The SMILES string of the molecule is CCOC(C)(CC)C(O)c1cccc2ncccc12. The molecule has 0 amide bonds. The van der Waals surface area contributed by atoms with Gasteiger partial charge in [0.2, 0.25) is 0 Å². The number of aromatic nitrogens is 1. The van der Waals surface area contributed by atoms with Gasteiger partial charge in [0.25, 0.3) is 0 Å². The first-order valence-corrected chi connectivity index (χ1v) is 6.78. The van der Waals surface area contributed by atoms with Crippen molar-refractivity contribution in [3.63, 3.8) is 0 Å². The third kappa shape index (κ3) is 2.62. The lowest BCUT2D eigenvalue weighted by molar-refractivity contribution is -0.112. The maximum absolute atomic E-state index is 10.7. The molecule has 1 heterocycles. The normalized spacial score (nSPS) is 16.2. The number of aliphatic hydroxyl groups is 1. The van der Waals surface area contributed by atoms with E-state index in [1.165, 1.54) is 0 Å². The van der Waals surface area contributed by atoms with Crippen LogP contribution in [0.2, 0.25) is 0 Å². The van der Waals surface area contributed by atoms with E-state index < -0.39 is 11.7 Å². The van der Waals surface area contributed by atoms with Gasteiger partial charge in [-0.05, 0) is 38.0 Å². The van der Waals surface area contributed by atoms with Crippen LogP contribution in [0.15, 0.2) is 36.5 Å². The zero-order valence-electron chi connectivity index (χ0n) is 11.8. The van der Waals surface area contributed by atoms with Gasteiger partial charge in [-0.15, -0.1) is 0 Å². The van der Waals surface area contributed by atoms with Gasteiger partial charge >= 0.3 is 0 Å². The second-order valence-corrected chi connectivity index (χ2v) is 4.92. The molecule has 1 aromatic heterocycles. The molecule has 0 aliphatic carbocycles. The molecule has 0 bridgehead atoms. The monoisotopic (exact) mass is 259 g/mol. The van der Waals surface area contributed by atoms with Crippen molar-refractivity contribution >= 4 is 10.9 Å². The summed E-state index contributed by atoms with van der Waals surface area (Å²) in [7, 11) is 0. The number of pyridine rings is 1. The topological polar surface area (TPSA) is 42.4 Å². The number of hydrogen-bond donors (Lipinski definition) is 1. The van der Waals surface area contributed by atoms with Gasteiger partial charge in [0, 0.05) is 18.2 Å². The zero-order chi connectivity index (χ0) is 13.9. The summed E-state index contributed by atoms with van der Waals surface area (Å²) in [6.45, 7) is 6.52. The van der Waals surface area contributed by atoms with Gasteiger partial charge in [-0.2, -0.15) is 0 Å². The van der Waals surface area contributed by atoms with Crippen LogP contribution in [0.3, 0.4) is 0 Å². The molecule has 0 fully saturated rings. The minimum Gasteiger partial charge on any atom is -0.385 e. The van der Waals surface area contributed by atoms with Crippen molar-refractivity contribution in [2.45, 2.75) is 38.9 Å². The molecular weight excluding hydrogens is 238 g/mol. The number of benzene rings is 1. The van der Waals surface area contributed by atoms with Gasteiger partial charge in [-0.1, -0.05) is 25.1 Å². The summed E-state index contributed by atoms with van der Waals surface area (Å²) in [5, 5.41) is 11.7. The van der Waals surface area contributed by atoms with Gasteiger partial charge in [-0.25, -0.2) is 0 Å². The molecule has 102 valence electrons. The molecule has 0 saturated heterocycles. The quantitative estimate of drug-likeness (QED) is 0.894. The highest BCUT2D eigenvalue weighted by Crippen LogP contribution is 2.35. The fourth-order valence-electron chi connectivity index (χ4n) is 2.40. The van der Waals surface area contributed by atoms with Crippen molar-refractivity contribution in [3.8, 4) is 0 Å². The Labute approximate surface area is 114 Å². The van der Waals surface area contributed by atoms with E-state index >= 15 is 0 Å². The number of fused-ring (bicyclic) bond motifs is 1. The minimum atomic E-state index is -0.662. The maximum atomic E-state index is 10.7. The molecule has 0 aliphatic rings. The van der Waals surface area contributed by atoms with Gasteiger partial charge in [0.05, 0.1) is 11.1 Å². The average Bonchev–Trinajstić information content (AvgIpc) is 2.46. The summed E-state index contributed by atoms with van der Waals surface area (Å²) in [6.07, 6.45) is 1.85. The maximum Gasteiger partial charge on any atom is 0.108 e. The number of rotatable bonds is 5. The van der Waals surface area contributed by atoms with E-state index in [2.05, 4.69) is 4.98 Å². The van der Waals surface area contributed by atoms with Crippen LogP contribution in [0.4, 0.5) is 0 Å². The molecule has 1 aromatic carbocycles. The lowest BCUT2D eigenvalue weighted by Gasteiger charge is -2.34. The van der Waals surface area contributed by atoms with Crippen LogP contribution in [-0.2, 0) is 4.74 Å². The molecule has 2 rings (SSSR count). The van der Waals surface area contributed by atoms with Gasteiger partial charge < -0.3 is 9.84 Å². The fraction of sp³-hybridized carbons (Fsp3) is 0.438. The molecule has 2 atom stereocenters. The molecule has 0 spiro atoms. The summed E-state index contributed by atoms with van der Waals surface area (Å²) in [6, 6.07) is 9.71. The second kappa shape index (κ2) is 5.68. The van der Waals surface area contributed by atoms with Crippen LogP contribution in [0, 0.1) is 0 Å². The van der Waals surface area contributed by atoms with Gasteiger partial charge in [0.1, 0.15) is 6.10 Å². The largest absolute Gasteiger partial charge is 0.385 e. The van der Waals surface area contributed by atoms with Crippen LogP contribution in [-0.4, -0.2) is 22.3 Å². The summed E-state index contributed by atoms with van der Waals surface area (Å²) >= 11 is 0. The van der Waals surface area contributed by atoms with E-state index in [1.54, 1.807) is 6.20 Å². The Morgan fingerprint density at radius 3 is 2.74 bits per heavy atom. The molecular formula is C16H21NO2. The highest BCUT2D eigenvalue weighted by molar-refractivity contribution is 5.82. The Kier molecular flexibility index (Phi) is 4.17. The van der Waals surface area contributed by atoms with E-state index in [0.29, 0.717) is 6.61 Å². The van der Waals surface area contributed by atoms with Crippen molar-refractivity contribution in [2.24, 2.45) is 0 Å². The van der Waals surface area contributed by atoms with E-state index in [-0.39, 0.29) is 0 Å². The van der Waals surface area contributed by atoms with Crippen LogP contribution in [0.5, 0.6) is 0 Å². The zero-order valence-corrected chi connectivity index (χ0v) is 11.8. The smallest absolute Gasteiger partial charge is 0.108 e. The molecule has 19 heavy (non-hydrogen) atoms. The fourth-order valence-corrected chi connectivity index (χ4v) is 2.40. The molecule has 3 heteroatoms. The van der Waals surface area contributed by atoms with Crippen LogP contribution < -0.4 is 0 Å². The third-order valence-electron chi connectivity index (χ3n) is 3.73.